The lowest BCUT2D eigenvalue weighted by Gasteiger charge is -2.70. The molecule has 3 saturated carbocycles. The Morgan fingerprint density at radius 3 is 2.33 bits per heavy atom. The zero-order chi connectivity index (χ0) is 23.9. The smallest absolute Gasteiger partial charge is 0.433 e. The van der Waals surface area contributed by atoms with Crippen LogP contribution in [0.5, 0.6) is 11.5 Å². The highest BCUT2D eigenvalue weighted by Crippen LogP contribution is 2.69. The summed E-state index contributed by atoms with van der Waals surface area (Å²) in [5.74, 6) is -0.891. The van der Waals surface area contributed by atoms with Crippen LogP contribution in [0.2, 0.25) is 5.02 Å². The Morgan fingerprint density at radius 2 is 1.73 bits per heavy atom. The van der Waals surface area contributed by atoms with Crippen LogP contribution in [0.3, 0.4) is 0 Å². The average Bonchev–Trinajstić information content (AvgIpc) is 2.70. The first-order valence-corrected chi connectivity index (χ1v) is 10.4. The summed E-state index contributed by atoms with van der Waals surface area (Å²) < 4.78 is 61.5. The van der Waals surface area contributed by atoms with Gasteiger partial charge in [0.1, 0.15) is 29.6 Å². The maximum Gasteiger partial charge on any atom is 0.433 e. The van der Waals surface area contributed by atoms with Gasteiger partial charge in [0, 0.05) is 18.0 Å². The number of Topliss-reactive ketones (excluding diaryl/α,β-unsaturated/α-hetero) is 1. The van der Waals surface area contributed by atoms with E-state index < -0.39 is 17.7 Å². The molecule has 6 nitrogen and oxygen atoms in total. The van der Waals surface area contributed by atoms with Crippen molar-refractivity contribution in [2.24, 2.45) is 5.41 Å². The Kier molecular flexibility index (Phi) is 5.98. The zero-order valence-electron chi connectivity index (χ0n) is 17.2. The molecule has 1 aromatic heterocycles. The van der Waals surface area contributed by atoms with Crippen molar-refractivity contribution in [1.82, 2.24) is 10.3 Å². The molecular formula is C22H19ClF4N2O4. The van der Waals surface area contributed by atoms with Crippen LogP contribution in [0.4, 0.5) is 17.6 Å². The number of amides is 1. The third kappa shape index (κ3) is 5.21. The van der Waals surface area contributed by atoms with Gasteiger partial charge in [-0.15, -0.1) is 0 Å². The van der Waals surface area contributed by atoms with Gasteiger partial charge in [-0.1, -0.05) is 11.6 Å². The van der Waals surface area contributed by atoms with E-state index in [1.165, 1.54) is 12.1 Å². The summed E-state index contributed by atoms with van der Waals surface area (Å²) in [5.41, 5.74) is -1.58. The maximum absolute atomic E-state index is 13.4. The van der Waals surface area contributed by atoms with Gasteiger partial charge in [0.05, 0.1) is 11.2 Å². The minimum absolute atomic E-state index is 0.0399. The number of ketones is 1. The summed E-state index contributed by atoms with van der Waals surface area (Å²) >= 11 is 5.60. The van der Waals surface area contributed by atoms with Gasteiger partial charge in [-0.05, 0) is 48.9 Å². The van der Waals surface area contributed by atoms with Gasteiger partial charge in [0.2, 0.25) is 0 Å². The second kappa shape index (κ2) is 8.48. The fourth-order valence-corrected chi connectivity index (χ4v) is 4.75. The molecule has 1 heterocycles. The maximum atomic E-state index is 13.4. The van der Waals surface area contributed by atoms with E-state index in [-0.39, 0.29) is 58.8 Å². The monoisotopic (exact) mass is 486 g/mol. The van der Waals surface area contributed by atoms with Crippen molar-refractivity contribution in [3.63, 3.8) is 0 Å². The highest BCUT2D eigenvalue weighted by atomic mass is 35.5. The minimum Gasteiger partial charge on any atom is -0.484 e. The Morgan fingerprint density at radius 1 is 1.06 bits per heavy atom. The minimum atomic E-state index is -4.54. The fourth-order valence-electron chi connectivity index (χ4n) is 4.63. The second-order valence-electron chi connectivity index (χ2n) is 8.60. The van der Waals surface area contributed by atoms with E-state index in [2.05, 4.69) is 10.3 Å². The average molecular weight is 487 g/mol. The van der Waals surface area contributed by atoms with E-state index in [0.29, 0.717) is 19.3 Å². The highest BCUT2D eigenvalue weighted by Gasteiger charge is 2.68. The van der Waals surface area contributed by atoms with E-state index in [0.717, 1.165) is 24.4 Å². The number of alkyl halides is 3. The van der Waals surface area contributed by atoms with E-state index in [4.69, 9.17) is 21.1 Å². The molecule has 3 aliphatic carbocycles. The van der Waals surface area contributed by atoms with Crippen LogP contribution in [0.1, 0.15) is 31.4 Å². The van der Waals surface area contributed by atoms with Crippen molar-refractivity contribution in [1.29, 1.82) is 0 Å². The van der Waals surface area contributed by atoms with Gasteiger partial charge < -0.3 is 14.8 Å². The van der Waals surface area contributed by atoms with Gasteiger partial charge in [0.25, 0.3) is 5.91 Å². The molecule has 176 valence electrons. The summed E-state index contributed by atoms with van der Waals surface area (Å²) in [7, 11) is 0. The number of halogens is 5. The van der Waals surface area contributed by atoms with Crippen LogP contribution < -0.4 is 14.8 Å². The number of nitrogens with zero attached hydrogens (tertiary/aromatic N) is 1. The number of nitrogens with one attached hydrogen (secondary N) is 1. The highest BCUT2D eigenvalue weighted by molar-refractivity contribution is 6.30. The van der Waals surface area contributed by atoms with Crippen LogP contribution in [0.25, 0.3) is 0 Å². The lowest BCUT2D eigenvalue weighted by molar-refractivity contribution is -0.173. The van der Waals surface area contributed by atoms with Gasteiger partial charge >= 0.3 is 6.18 Å². The first kappa shape index (κ1) is 23.3. The molecule has 3 fully saturated rings. The SMILES string of the molecule is O=C(COc1ccc(C(F)(F)F)nc1)CC12CC(NC(=O)COc3ccc(Cl)c(F)c3)(C1)C2. The molecule has 33 heavy (non-hydrogen) atoms. The summed E-state index contributed by atoms with van der Waals surface area (Å²) in [6.07, 6.45) is -1.40. The third-order valence-electron chi connectivity index (χ3n) is 5.80. The predicted octanol–water partition coefficient (Wildman–Crippen LogP) is 4.35. The molecule has 0 atom stereocenters. The number of carbonyl (C=O) groups is 2. The standard InChI is InChI=1S/C22H19ClF4N2O4/c23-16-3-1-14(5-17(16)24)33-9-19(31)29-21-10-20(11-21,12-21)6-13(30)8-32-15-2-4-18(28-7-15)22(25,26)27/h1-5,7H,6,8-12H2,(H,29,31). The molecular weight excluding hydrogens is 468 g/mol. The zero-order valence-corrected chi connectivity index (χ0v) is 17.9. The second-order valence-corrected chi connectivity index (χ2v) is 9.01. The molecule has 0 spiro atoms. The Balaban J connectivity index is 1.16. The van der Waals surface area contributed by atoms with E-state index in [1.807, 2.05) is 0 Å². The lowest BCUT2D eigenvalue weighted by Crippen LogP contribution is -2.75. The molecule has 1 aromatic carbocycles. The Labute approximate surface area is 191 Å². The van der Waals surface area contributed by atoms with Crippen molar-refractivity contribution in [3.8, 4) is 11.5 Å². The van der Waals surface area contributed by atoms with Gasteiger partial charge in [-0.3, -0.25) is 9.59 Å². The molecule has 2 bridgehead atoms. The van der Waals surface area contributed by atoms with E-state index in [1.54, 1.807) is 0 Å². The molecule has 3 aliphatic rings. The number of pyridine rings is 1. The topological polar surface area (TPSA) is 77.5 Å². The van der Waals surface area contributed by atoms with Crippen molar-refractivity contribution in [2.45, 2.75) is 37.4 Å². The number of rotatable bonds is 9. The van der Waals surface area contributed by atoms with Crippen LogP contribution in [-0.2, 0) is 15.8 Å². The summed E-state index contributed by atoms with van der Waals surface area (Å²) in [6.45, 7) is -0.538. The largest absolute Gasteiger partial charge is 0.484 e. The molecule has 0 aliphatic heterocycles. The van der Waals surface area contributed by atoms with Crippen LogP contribution >= 0.6 is 11.6 Å². The number of hydrogen-bond acceptors (Lipinski definition) is 5. The molecule has 0 radical (unpaired) electrons. The number of ether oxygens (including phenoxy) is 2. The van der Waals surface area contributed by atoms with E-state index in [9.17, 15) is 27.2 Å². The van der Waals surface area contributed by atoms with Crippen molar-refractivity contribution in [2.75, 3.05) is 13.2 Å². The molecule has 5 rings (SSSR count). The molecule has 1 amide bonds. The number of carbonyl (C=O) groups excluding carboxylic acids is 2. The van der Waals surface area contributed by atoms with Gasteiger partial charge in [0.15, 0.2) is 12.4 Å². The summed E-state index contributed by atoms with van der Waals surface area (Å²) in [6, 6.07) is 5.81. The Hall–Kier alpha value is -2.88. The lowest BCUT2D eigenvalue weighted by atomic mass is 9.38. The predicted molar refractivity (Wildman–Crippen MR) is 108 cm³/mol. The number of hydrogen-bond donors (Lipinski definition) is 1. The third-order valence-corrected chi connectivity index (χ3v) is 6.11. The van der Waals surface area contributed by atoms with Crippen LogP contribution in [-0.4, -0.2) is 35.4 Å². The van der Waals surface area contributed by atoms with Crippen molar-refractivity contribution >= 4 is 23.3 Å². The normalized spacial score (nSPS) is 23.2. The van der Waals surface area contributed by atoms with Gasteiger partial charge in [-0.25, -0.2) is 9.37 Å². The van der Waals surface area contributed by atoms with Crippen molar-refractivity contribution in [3.05, 3.63) is 53.1 Å². The fraction of sp³-hybridized carbons (Fsp3) is 0.409. The Bertz CT molecular complexity index is 1060. The molecule has 0 saturated heterocycles. The first-order valence-electron chi connectivity index (χ1n) is 10.0. The quantitative estimate of drug-likeness (QED) is 0.533. The van der Waals surface area contributed by atoms with Crippen molar-refractivity contribution < 1.29 is 36.6 Å². The van der Waals surface area contributed by atoms with E-state index >= 15 is 0 Å². The van der Waals surface area contributed by atoms with Crippen LogP contribution in [0.15, 0.2) is 36.5 Å². The molecule has 2 aromatic rings. The molecule has 0 unspecified atom stereocenters. The first-order chi connectivity index (χ1) is 15.5. The molecule has 1 N–H and O–H groups in total. The van der Waals surface area contributed by atoms with Gasteiger partial charge in [-0.2, -0.15) is 13.2 Å². The molecule has 11 heteroatoms. The van der Waals surface area contributed by atoms with Crippen LogP contribution in [0, 0.1) is 11.2 Å². The summed E-state index contributed by atoms with van der Waals surface area (Å²) in [5, 5.41) is 2.86. The number of benzene rings is 1. The summed E-state index contributed by atoms with van der Waals surface area (Å²) in [4.78, 5) is 27.7. The number of aromatic nitrogens is 1.